The Morgan fingerprint density at radius 1 is 0.392 bits per heavy atom. The van der Waals surface area contributed by atoms with Gasteiger partial charge >= 0.3 is 0 Å². The van der Waals surface area contributed by atoms with Crippen molar-refractivity contribution in [3.8, 4) is 56.4 Å². The lowest BCUT2D eigenvalue weighted by atomic mass is 9.34. The van der Waals surface area contributed by atoms with E-state index in [0.717, 1.165) is 39.6 Å². The molecular formula is C48H35BO2. The number of benzene rings is 8. The molecule has 0 amide bonds. The Hall–Kier alpha value is -6.06. The van der Waals surface area contributed by atoms with Crippen LogP contribution in [-0.4, -0.2) is 6.71 Å². The van der Waals surface area contributed by atoms with Gasteiger partial charge in [-0.15, -0.1) is 0 Å². The highest BCUT2D eigenvalue weighted by molar-refractivity contribution is 6.98. The normalized spacial score (nSPS) is 12.9. The van der Waals surface area contributed by atoms with E-state index in [1.807, 2.05) is 0 Å². The number of ether oxygens (including phenoxy) is 2. The van der Waals surface area contributed by atoms with Crippen molar-refractivity contribution >= 4 is 44.6 Å². The minimum atomic E-state index is 0.0240. The van der Waals surface area contributed by atoms with E-state index in [-0.39, 0.29) is 12.1 Å². The Bertz CT molecular complexity index is 2610. The Balaban J connectivity index is 1.16. The zero-order valence-electron chi connectivity index (χ0n) is 28.9. The van der Waals surface area contributed by atoms with Gasteiger partial charge in [-0.25, -0.2) is 0 Å². The van der Waals surface area contributed by atoms with Gasteiger partial charge in [-0.2, -0.15) is 0 Å². The van der Waals surface area contributed by atoms with Gasteiger partial charge in [-0.3, -0.25) is 0 Å². The van der Waals surface area contributed by atoms with Gasteiger partial charge in [0.05, 0.1) is 0 Å². The van der Waals surface area contributed by atoms with Crippen LogP contribution in [0.3, 0.4) is 0 Å². The van der Waals surface area contributed by atoms with Crippen molar-refractivity contribution in [1.82, 2.24) is 0 Å². The van der Waals surface area contributed by atoms with E-state index >= 15 is 0 Å². The zero-order chi connectivity index (χ0) is 34.3. The fraction of sp³-hybridized carbons (Fsp3) is 0.0833. The molecule has 0 N–H and O–H groups in total. The van der Waals surface area contributed by atoms with Gasteiger partial charge < -0.3 is 9.47 Å². The van der Waals surface area contributed by atoms with E-state index < -0.39 is 0 Å². The number of fused-ring (bicyclic) bond motifs is 6. The maximum atomic E-state index is 6.77. The molecule has 2 aliphatic heterocycles. The van der Waals surface area contributed by atoms with Gasteiger partial charge in [0.2, 0.25) is 0 Å². The number of para-hydroxylation sites is 1. The minimum absolute atomic E-state index is 0.0240. The summed E-state index contributed by atoms with van der Waals surface area (Å²) in [5, 5.41) is 4.98. The van der Waals surface area contributed by atoms with Gasteiger partial charge in [0.15, 0.2) is 0 Å². The van der Waals surface area contributed by atoms with Gasteiger partial charge in [-0.1, -0.05) is 148 Å². The molecule has 0 bridgehead atoms. The maximum Gasteiger partial charge on any atom is 0.260 e. The molecule has 0 unspecified atom stereocenters. The topological polar surface area (TPSA) is 18.5 Å². The molecule has 8 aromatic carbocycles. The van der Waals surface area contributed by atoms with Crippen LogP contribution in [0.5, 0.6) is 23.0 Å². The van der Waals surface area contributed by atoms with Crippen LogP contribution in [0.1, 0.15) is 26.3 Å². The van der Waals surface area contributed by atoms with Gasteiger partial charge in [0.25, 0.3) is 6.71 Å². The third-order valence-corrected chi connectivity index (χ3v) is 10.7. The number of hydrogen-bond donors (Lipinski definition) is 0. The van der Waals surface area contributed by atoms with E-state index in [1.165, 1.54) is 60.3 Å². The monoisotopic (exact) mass is 654 g/mol. The first-order chi connectivity index (χ1) is 24.9. The molecule has 8 aromatic rings. The van der Waals surface area contributed by atoms with E-state index in [2.05, 4.69) is 178 Å². The highest BCUT2D eigenvalue weighted by Crippen LogP contribution is 2.45. The fourth-order valence-electron chi connectivity index (χ4n) is 8.29. The molecule has 242 valence electrons. The van der Waals surface area contributed by atoms with Crippen molar-refractivity contribution in [2.24, 2.45) is 0 Å². The molecule has 2 aliphatic rings. The summed E-state index contributed by atoms with van der Waals surface area (Å²) in [4.78, 5) is 0. The lowest BCUT2D eigenvalue weighted by Gasteiger charge is -2.34. The van der Waals surface area contributed by atoms with Crippen molar-refractivity contribution in [3.05, 3.63) is 163 Å². The summed E-state index contributed by atoms with van der Waals surface area (Å²) >= 11 is 0. The van der Waals surface area contributed by atoms with Crippen LogP contribution >= 0.6 is 0 Å². The average molecular weight is 655 g/mol. The van der Waals surface area contributed by atoms with E-state index in [4.69, 9.17) is 9.47 Å². The van der Waals surface area contributed by atoms with Crippen LogP contribution in [0.25, 0.3) is 54.9 Å². The first-order valence-corrected chi connectivity index (χ1v) is 17.8. The Labute approximate surface area is 299 Å². The molecule has 0 atom stereocenters. The molecule has 3 heteroatoms. The second kappa shape index (κ2) is 11.2. The third-order valence-electron chi connectivity index (χ3n) is 10.7. The van der Waals surface area contributed by atoms with E-state index in [0.29, 0.717) is 0 Å². The molecule has 0 radical (unpaired) electrons. The molecular weight excluding hydrogens is 619 g/mol. The molecule has 0 fully saturated rings. The largest absolute Gasteiger partial charge is 0.458 e. The zero-order valence-corrected chi connectivity index (χ0v) is 28.9. The molecule has 0 saturated heterocycles. The Morgan fingerprint density at radius 3 is 1.57 bits per heavy atom. The number of hydrogen-bond acceptors (Lipinski definition) is 2. The van der Waals surface area contributed by atoms with Crippen molar-refractivity contribution in [1.29, 1.82) is 0 Å². The van der Waals surface area contributed by atoms with Gasteiger partial charge in [0, 0.05) is 5.46 Å². The Morgan fingerprint density at radius 2 is 0.922 bits per heavy atom. The van der Waals surface area contributed by atoms with Crippen LogP contribution in [0.15, 0.2) is 158 Å². The molecule has 51 heavy (non-hydrogen) atoms. The average Bonchev–Trinajstić information content (AvgIpc) is 3.16. The minimum Gasteiger partial charge on any atom is -0.458 e. The van der Waals surface area contributed by atoms with Crippen molar-refractivity contribution in [3.63, 3.8) is 0 Å². The molecule has 0 saturated carbocycles. The summed E-state index contributed by atoms with van der Waals surface area (Å²) in [6, 6.07) is 56.9. The first kappa shape index (κ1) is 29.8. The summed E-state index contributed by atoms with van der Waals surface area (Å²) in [7, 11) is 0. The van der Waals surface area contributed by atoms with Crippen LogP contribution in [-0.2, 0) is 5.41 Å². The lowest BCUT2D eigenvalue weighted by molar-refractivity contribution is 0.464. The first-order valence-electron chi connectivity index (χ1n) is 17.8. The standard InChI is InChI=1S/C48H35BO2/c1-48(2,3)34-24-25-42-40(29-34)49-39-22-11-12-23-41(39)50-43-27-33(28-44(51-42)47(43)49)31-16-13-17-32(26-31)46-37-20-9-7-18-35(37)45(30-14-5-4-6-15-30)36-19-8-10-21-38(36)46/h4-29H,1-3H3. The smallest absolute Gasteiger partial charge is 0.260 e. The Kier molecular flexibility index (Phi) is 6.57. The molecule has 2 nitrogen and oxygen atoms in total. The third kappa shape index (κ3) is 4.72. The van der Waals surface area contributed by atoms with Crippen molar-refractivity contribution in [2.45, 2.75) is 26.2 Å². The summed E-state index contributed by atoms with van der Waals surface area (Å²) in [5.74, 6) is 3.51. The predicted molar refractivity (Wildman–Crippen MR) is 214 cm³/mol. The lowest BCUT2D eigenvalue weighted by Crippen LogP contribution is -2.57. The number of rotatable bonds is 3. The summed E-state index contributed by atoms with van der Waals surface area (Å²) in [6.07, 6.45) is 0. The van der Waals surface area contributed by atoms with Crippen molar-refractivity contribution in [2.75, 3.05) is 0 Å². The summed E-state index contributed by atoms with van der Waals surface area (Å²) < 4.78 is 13.5. The van der Waals surface area contributed by atoms with Gasteiger partial charge in [-0.05, 0) is 107 Å². The second-order valence-electron chi connectivity index (χ2n) is 14.9. The fourth-order valence-corrected chi connectivity index (χ4v) is 8.29. The van der Waals surface area contributed by atoms with Crippen LogP contribution in [0.4, 0.5) is 0 Å². The summed E-state index contributed by atoms with van der Waals surface area (Å²) in [6.45, 7) is 6.82. The highest BCUT2D eigenvalue weighted by atomic mass is 16.5. The molecule has 10 rings (SSSR count). The van der Waals surface area contributed by atoms with Crippen molar-refractivity contribution < 1.29 is 9.47 Å². The molecule has 0 aromatic heterocycles. The SMILES string of the molecule is CC(C)(C)c1ccc2c(c1)B1c3ccccc3Oc3cc(-c4cccc(-c5c6ccccc6c(-c6ccccc6)c6ccccc56)c4)cc(c31)O2. The van der Waals surface area contributed by atoms with Crippen LogP contribution in [0.2, 0.25) is 0 Å². The maximum absolute atomic E-state index is 6.77. The molecule has 0 aliphatic carbocycles. The highest BCUT2D eigenvalue weighted by Gasteiger charge is 2.40. The molecule has 2 heterocycles. The molecule has 0 spiro atoms. The van der Waals surface area contributed by atoms with E-state index in [1.54, 1.807) is 0 Å². The van der Waals surface area contributed by atoms with Gasteiger partial charge in [0.1, 0.15) is 23.0 Å². The van der Waals surface area contributed by atoms with Crippen LogP contribution < -0.4 is 25.9 Å². The van der Waals surface area contributed by atoms with E-state index in [9.17, 15) is 0 Å². The summed E-state index contributed by atoms with van der Waals surface area (Å²) in [5.41, 5.74) is 11.9. The predicted octanol–water partition coefficient (Wildman–Crippen LogP) is 11.0. The second-order valence-corrected chi connectivity index (χ2v) is 14.9. The quantitative estimate of drug-likeness (QED) is 0.139. The van der Waals surface area contributed by atoms with Crippen LogP contribution in [0, 0.1) is 0 Å².